The highest BCUT2D eigenvalue weighted by Crippen LogP contribution is 2.30. The van der Waals surface area contributed by atoms with Crippen LogP contribution in [-0.2, 0) is 0 Å². The molecular weight excluding hydrogens is 238 g/mol. The number of aryl methyl sites for hydroxylation is 3. The number of hydrogen-bond acceptors (Lipinski definition) is 4. The van der Waals surface area contributed by atoms with E-state index >= 15 is 0 Å². The van der Waals surface area contributed by atoms with Gasteiger partial charge in [0.1, 0.15) is 17.4 Å². The summed E-state index contributed by atoms with van der Waals surface area (Å²) in [4.78, 5) is 8.57. The second kappa shape index (κ2) is 5.26. The van der Waals surface area contributed by atoms with Crippen molar-refractivity contribution in [3.63, 3.8) is 0 Å². The van der Waals surface area contributed by atoms with Gasteiger partial charge in [-0.15, -0.1) is 0 Å². The zero-order valence-corrected chi connectivity index (χ0v) is 12.0. The predicted octanol–water partition coefficient (Wildman–Crippen LogP) is 3.54. The summed E-state index contributed by atoms with van der Waals surface area (Å²) in [5.41, 5.74) is 3.45. The number of nitrogens with zero attached hydrogens (tertiary/aromatic N) is 2. The Morgan fingerprint density at radius 3 is 2.37 bits per heavy atom. The fourth-order valence-electron chi connectivity index (χ4n) is 1.91. The van der Waals surface area contributed by atoms with E-state index in [1.54, 1.807) is 6.07 Å². The van der Waals surface area contributed by atoms with Gasteiger partial charge in [-0.2, -0.15) is 4.98 Å². The van der Waals surface area contributed by atoms with Gasteiger partial charge in [-0.3, -0.25) is 0 Å². The normalized spacial score (nSPS) is 10.4. The van der Waals surface area contributed by atoms with Gasteiger partial charge in [0.15, 0.2) is 0 Å². The molecule has 0 atom stereocenters. The van der Waals surface area contributed by atoms with Crippen LogP contribution >= 0.6 is 0 Å². The minimum Gasteiger partial charge on any atom is -0.438 e. The highest BCUT2D eigenvalue weighted by Gasteiger charge is 2.09. The van der Waals surface area contributed by atoms with Gasteiger partial charge in [0, 0.05) is 13.1 Å². The first-order valence-corrected chi connectivity index (χ1v) is 6.29. The Balaban J connectivity index is 2.41. The zero-order chi connectivity index (χ0) is 14.0. The van der Waals surface area contributed by atoms with Crippen LogP contribution in [0.4, 0.5) is 5.82 Å². The topological polar surface area (TPSA) is 47.0 Å². The third-order valence-corrected chi connectivity index (χ3v) is 3.15. The summed E-state index contributed by atoms with van der Waals surface area (Å²) in [7, 11) is 1.83. The van der Waals surface area contributed by atoms with Gasteiger partial charge in [0.05, 0.1) is 0 Å². The molecule has 0 bridgehead atoms. The van der Waals surface area contributed by atoms with Crippen molar-refractivity contribution in [1.82, 2.24) is 9.97 Å². The molecule has 1 aromatic heterocycles. The number of ether oxygens (including phenoxy) is 1. The van der Waals surface area contributed by atoms with Crippen molar-refractivity contribution in [2.24, 2.45) is 0 Å². The van der Waals surface area contributed by atoms with Crippen LogP contribution in [0.2, 0.25) is 0 Å². The second-order valence-corrected chi connectivity index (χ2v) is 4.64. The van der Waals surface area contributed by atoms with Crippen LogP contribution in [0.5, 0.6) is 11.6 Å². The lowest BCUT2D eigenvalue weighted by Crippen LogP contribution is -2.00. The van der Waals surface area contributed by atoms with Gasteiger partial charge in [-0.25, -0.2) is 4.98 Å². The molecule has 0 aliphatic heterocycles. The van der Waals surface area contributed by atoms with Crippen molar-refractivity contribution in [2.75, 3.05) is 12.4 Å². The van der Waals surface area contributed by atoms with Gasteiger partial charge in [0.25, 0.3) is 0 Å². The number of nitrogens with one attached hydrogen (secondary N) is 1. The van der Waals surface area contributed by atoms with Crippen LogP contribution in [0.25, 0.3) is 0 Å². The van der Waals surface area contributed by atoms with Crippen molar-refractivity contribution in [3.05, 3.63) is 40.7 Å². The minimum absolute atomic E-state index is 0.564. The third kappa shape index (κ3) is 2.84. The molecule has 1 N–H and O–H groups in total. The molecule has 0 radical (unpaired) electrons. The fourth-order valence-corrected chi connectivity index (χ4v) is 1.91. The SMILES string of the molecule is CNc1cc(Oc2c(C)ccc(C)c2C)nc(C)n1. The first-order valence-electron chi connectivity index (χ1n) is 6.29. The third-order valence-electron chi connectivity index (χ3n) is 3.15. The molecule has 0 aliphatic carbocycles. The van der Waals surface area contributed by atoms with E-state index < -0.39 is 0 Å². The molecule has 0 unspecified atom stereocenters. The summed E-state index contributed by atoms with van der Waals surface area (Å²) in [5.74, 6) is 2.88. The van der Waals surface area contributed by atoms with Gasteiger partial charge >= 0.3 is 0 Å². The molecule has 0 saturated heterocycles. The van der Waals surface area contributed by atoms with Crippen molar-refractivity contribution in [2.45, 2.75) is 27.7 Å². The van der Waals surface area contributed by atoms with Crippen LogP contribution in [0.1, 0.15) is 22.5 Å². The highest BCUT2D eigenvalue weighted by molar-refractivity contribution is 5.47. The van der Waals surface area contributed by atoms with E-state index in [4.69, 9.17) is 4.74 Å². The van der Waals surface area contributed by atoms with Crippen molar-refractivity contribution >= 4 is 5.82 Å². The number of rotatable bonds is 3. The molecule has 0 saturated carbocycles. The average Bonchev–Trinajstić information content (AvgIpc) is 2.38. The van der Waals surface area contributed by atoms with Crippen molar-refractivity contribution in [1.29, 1.82) is 0 Å². The molecule has 0 fully saturated rings. The molecule has 0 aliphatic rings. The first-order chi connectivity index (χ1) is 9.01. The molecule has 4 heteroatoms. The van der Waals surface area contributed by atoms with Crippen LogP contribution in [-0.4, -0.2) is 17.0 Å². The molecule has 19 heavy (non-hydrogen) atoms. The number of benzene rings is 1. The average molecular weight is 257 g/mol. The summed E-state index contributed by atoms with van der Waals surface area (Å²) in [6.45, 7) is 8.02. The molecule has 1 heterocycles. The number of hydrogen-bond donors (Lipinski definition) is 1. The van der Waals surface area contributed by atoms with E-state index in [1.165, 1.54) is 5.56 Å². The van der Waals surface area contributed by atoms with E-state index in [9.17, 15) is 0 Å². The van der Waals surface area contributed by atoms with E-state index in [-0.39, 0.29) is 0 Å². The highest BCUT2D eigenvalue weighted by atomic mass is 16.5. The molecule has 2 rings (SSSR count). The molecule has 4 nitrogen and oxygen atoms in total. The van der Waals surface area contributed by atoms with E-state index in [2.05, 4.69) is 41.3 Å². The van der Waals surface area contributed by atoms with Gasteiger partial charge in [0.2, 0.25) is 5.88 Å². The summed E-state index contributed by atoms with van der Waals surface area (Å²) >= 11 is 0. The molecule has 100 valence electrons. The quantitative estimate of drug-likeness (QED) is 0.913. The maximum Gasteiger partial charge on any atom is 0.224 e. The van der Waals surface area contributed by atoms with Crippen LogP contribution in [0, 0.1) is 27.7 Å². The Morgan fingerprint density at radius 1 is 1.00 bits per heavy atom. The van der Waals surface area contributed by atoms with E-state index in [1.807, 2.05) is 20.9 Å². The Morgan fingerprint density at radius 2 is 1.68 bits per heavy atom. The zero-order valence-electron chi connectivity index (χ0n) is 12.0. The first kappa shape index (κ1) is 13.3. The largest absolute Gasteiger partial charge is 0.438 e. The van der Waals surface area contributed by atoms with Gasteiger partial charge in [-0.1, -0.05) is 12.1 Å². The number of aromatic nitrogens is 2. The van der Waals surface area contributed by atoms with Crippen LogP contribution in [0.3, 0.4) is 0 Å². The van der Waals surface area contributed by atoms with Gasteiger partial charge in [-0.05, 0) is 44.4 Å². The minimum atomic E-state index is 0.564. The Bertz CT molecular complexity index is 609. The Hall–Kier alpha value is -2.10. The van der Waals surface area contributed by atoms with E-state index in [0.29, 0.717) is 11.7 Å². The number of anilines is 1. The van der Waals surface area contributed by atoms with Gasteiger partial charge < -0.3 is 10.1 Å². The maximum absolute atomic E-state index is 5.95. The maximum atomic E-state index is 5.95. The van der Waals surface area contributed by atoms with Crippen LogP contribution in [0.15, 0.2) is 18.2 Å². The Kier molecular flexibility index (Phi) is 3.69. The van der Waals surface area contributed by atoms with Crippen LogP contribution < -0.4 is 10.1 Å². The molecule has 1 aromatic carbocycles. The summed E-state index contributed by atoms with van der Waals surface area (Å²) < 4.78 is 5.95. The lowest BCUT2D eigenvalue weighted by Gasteiger charge is -2.13. The molecule has 2 aromatic rings. The summed E-state index contributed by atoms with van der Waals surface area (Å²) in [5, 5.41) is 3.00. The van der Waals surface area contributed by atoms with E-state index in [0.717, 1.165) is 22.7 Å². The smallest absolute Gasteiger partial charge is 0.224 e. The summed E-state index contributed by atoms with van der Waals surface area (Å²) in [6, 6.07) is 5.96. The lowest BCUT2D eigenvalue weighted by atomic mass is 10.1. The molecule has 0 amide bonds. The molecule has 0 spiro atoms. The van der Waals surface area contributed by atoms with Crippen molar-refractivity contribution < 1.29 is 4.74 Å². The molecular formula is C15H19N3O. The van der Waals surface area contributed by atoms with Crippen molar-refractivity contribution in [3.8, 4) is 11.6 Å². The summed E-state index contributed by atoms with van der Waals surface area (Å²) in [6.07, 6.45) is 0. The predicted molar refractivity (Wildman–Crippen MR) is 77.0 cm³/mol. The fraction of sp³-hybridized carbons (Fsp3) is 0.333. The standard InChI is InChI=1S/C15H19N3O/c1-9-6-7-10(2)15(11(9)3)19-14-8-13(16-5)17-12(4)18-14/h6-8H,1-5H3,(H,16,17,18). The lowest BCUT2D eigenvalue weighted by molar-refractivity contribution is 0.453. The Labute approximate surface area is 113 Å². The monoisotopic (exact) mass is 257 g/mol. The second-order valence-electron chi connectivity index (χ2n) is 4.64.